The Bertz CT molecular complexity index is 1050. The number of benzene rings is 2. The Morgan fingerprint density at radius 3 is 1.97 bits per heavy atom. The number of alkyl halides is 3. The van der Waals surface area contributed by atoms with Crippen molar-refractivity contribution in [2.75, 3.05) is 10.6 Å². The van der Waals surface area contributed by atoms with E-state index in [-0.39, 0.29) is 5.91 Å². The van der Waals surface area contributed by atoms with Gasteiger partial charge in [-0.25, -0.2) is 8.42 Å². The smallest absolute Gasteiger partial charge is 0.326 e. The van der Waals surface area contributed by atoms with E-state index in [1.165, 1.54) is 19.1 Å². The highest BCUT2D eigenvalue weighted by Gasteiger charge is 2.33. The number of carbonyl (C=O) groups is 2. The highest BCUT2D eigenvalue weighted by Crippen LogP contribution is 2.30. The molecule has 2 aromatic carbocycles. The first-order valence-electron chi connectivity index (χ1n) is 9.17. The molecule has 0 saturated heterocycles. The zero-order valence-corrected chi connectivity index (χ0v) is 17.8. The quantitative estimate of drug-likeness (QED) is 0.591. The van der Waals surface area contributed by atoms with Crippen LogP contribution in [0.4, 0.5) is 24.5 Å². The van der Waals surface area contributed by atoms with Gasteiger partial charge in [-0.05, 0) is 48.4 Å². The van der Waals surface area contributed by atoms with Gasteiger partial charge < -0.3 is 10.6 Å². The fraction of sp³-hybridized carbons (Fsp3) is 0.300. The van der Waals surface area contributed by atoms with Gasteiger partial charge in [-0.15, -0.1) is 0 Å². The lowest BCUT2D eigenvalue weighted by atomic mass is 10.0. The van der Waals surface area contributed by atoms with Crippen LogP contribution in [0.1, 0.15) is 26.3 Å². The summed E-state index contributed by atoms with van der Waals surface area (Å²) in [5.41, 5.74) is -0.251. The monoisotopic (exact) mass is 457 g/mol. The van der Waals surface area contributed by atoms with E-state index in [1.807, 2.05) is 0 Å². The zero-order chi connectivity index (χ0) is 23.4. The predicted molar refractivity (Wildman–Crippen MR) is 110 cm³/mol. The van der Waals surface area contributed by atoms with Crippen LogP contribution in [0.25, 0.3) is 0 Å². The van der Waals surface area contributed by atoms with E-state index < -0.39 is 44.5 Å². The summed E-state index contributed by atoms with van der Waals surface area (Å²) in [5.74, 6) is -1.45. The van der Waals surface area contributed by atoms with Crippen LogP contribution in [-0.4, -0.2) is 26.3 Å². The summed E-state index contributed by atoms with van der Waals surface area (Å²) in [6.07, 6.45) is -4.70. The molecule has 0 heterocycles. The van der Waals surface area contributed by atoms with Crippen molar-refractivity contribution < 1.29 is 31.2 Å². The second-order valence-corrected chi connectivity index (χ2v) is 8.83. The summed E-state index contributed by atoms with van der Waals surface area (Å²) in [6, 6.07) is 8.17. The van der Waals surface area contributed by atoms with Gasteiger partial charge in [0.15, 0.2) is 0 Å². The summed E-state index contributed by atoms with van der Waals surface area (Å²) in [5, 5.41) is 5.12. The molecule has 0 radical (unpaired) electrons. The Hall–Kier alpha value is -2.92. The number of hydrogen-bond donors (Lipinski definition) is 3. The summed E-state index contributed by atoms with van der Waals surface area (Å²) < 4.78 is 66.2. The van der Waals surface area contributed by atoms with Crippen LogP contribution in [0.2, 0.25) is 0 Å². The molecule has 0 bridgehead atoms. The minimum atomic E-state index is -4.70. The first-order chi connectivity index (χ1) is 14.3. The van der Waals surface area contributed by atoms with Crippen LogP contribution in [0.15, 0.2) is 53.4 Å². The average molecular weight is 457 g/mol. The van der Waals surface area contributed by atoms with Crippen molar-refractivity contribution in [2.45, 2.75) is 37.9 Å². The fourth-order valence-corrected chi connectivity index (χ4v) is 4.02. The molecular weight excluding hydrogens is 435 g/mol. The van der Waals surface area contributed by atoms with Gasteiger partial charge in [0.2, 0.25) is 21.8 Å². The minimum absolute atomic E-state index is 0.263. The summed E-state index contributed by atoms with van der Waals surface area (Å²) >= 11 is 0. The second-order valence-electron chi connectivity index (χ2n) is 7.12. The number of sulfonamides is 1. The van der Waals surface area contributed by atoms with E-state index in [0.29, 0.717) is 17.4 Å². The molecule has 168 valence electrons. The molecule has 2 rings (SSSR count). The van der Waals surface area contributed by atoms with Crippen molar-refractivity contribution in [3.05, 3.63) is 54.1 Å². The Morgan fingerprint density at radius 1 is 0.935 bits per heavy atom. The SMILES string of the molecule is CC(=O)Nc1ccc(NC(=O)[C@@H](NS(=O)(=O)c2cccc(C(F)(F)F)c2)C(C)C)cc1. The third-order valence-corrected chi connectivity index (χ3v) is 5.61. The molecule has 0 saturated carbocycles. The number of carbonyl (C=O) groups excluding carboxylic acids is 2. The normalized spacial score (nSPS) is 13.0. The van der Waals surface area contributed by atoms with Gasteiger partial charge in [0, 0.05) is 18.3 Å². The van der Waals surface area contributed by atoms with Gasteiger partial charge >= 0.3 is 6.18 Å². The highest BCUT2D eigenvalue weighted by molar-refractivity contribution is 7.89. The molecule has 2 amide bonds. The van der Waals surface area contributed by atoms with Crippen molar-refractivity contribution in [3.63, 3.8) is 0 Å². The molecule has 7 nitrogen and oxygen atoms in total. The van der Waals surface area contributed by atoms with Crippen molar-refractivity contribution in [1.82, 2.24) is 4.72 Å². The van der Waals surface area contributed by atoms with Gasteiger partial charge in [0.05, 0.1) is 10.5 Å². The molecule has 0 unspecified atom stereocenters. The Labute approximate surface area is 178 Å². The number of hydrogen-bond acceptors (Lipinski definition) is 4. The third-order valence-electron chi connectivity index (χ3n) is 4.18. The van der Waals surface area contributed by atoms with Crippen LogP contribution in [0.5, 0.6) is 0 Å². The van der Waals surface area contributed by atoms with E-state index in [2.05, 4.69) is 15.4 Å². The molecule has 0 aliphatic carbocycles. The molecule has 3 N–H and O–H groups in total. The van der Waals surface area contributed by atoms with E-state index in [4.69, 9.17) is 0 Å². The number of halogens is 3. The second kappa shape index (κ2) is 9.48. The Balaban J connectivity index is 2.20. The van der Waals surface area contributed by atoms with Gasteiger partial charge in [-0.3, -0.25) is 9.59 Å². The lowest BCUT2D eigenvalue weighted by Gasteiger charge is -2.22. The first-order valence-corrected chi connectivity index (χ1v) is 10.7. The maximum absolute atomic E-state index is 12.9. The maximum Gasteiger partial charge on any atom is 0.416 e. The molecule has 2 aromatic rings. The molecule has 0 fully saturated rings. The van der Waals surface area contributed by atoms with E-state index in [1.54, 1.807) is 26.0 Å². The molecule has 0 aliphatic heterocycles. The summed E-state index contributed by atoms with van der Waals surface area (Å²) in [6.45, 7) is 4.54. The Morgan fingerprint density at radius 2 is 1.48 bits per heavy atom. The lowest BCUT2D eigenvalue weighted by molar-refractivity contribution is -0.137. The number of rotatable bonds is 7. The molecule has 31 heavy (non-hydrogen) atoms. The van der Waals surface area contributed by atoms with Crippen LogP contribution in [0, 0.1) is 5.92 Å². The summed E-state index contributed by atoms with van der Waals surface area (Å²) in [7, 11) is -4.40. The third kappa shape index (κ3) is 6.79. The fourth-order valence-electron chi connectivity index (χ4n) is 2.63. The first kappa shape index (κ1) is 24.4. The van der Waals surface area contributed by atoms with E-state index in [9.17, 15) is 31.2 Å². The van der Waals surface area contributed by atoms with Crippen molar-refractivity contribution in [1.29, 1.82) is 0 Å². The topological polar surface area (TPSA) is 104 Å². The number of nitrogens with one attached hydrogen (secondary N) is 3. The predicted octanol–water partition coefficient (Wildman–Crippen LogP) is 3.61. The van der Waals surface area contributed by atoms with Crippen LogP contribution in [-0.2, 0) is 25.8 Å². The molecule has 11 heteroatoms. The van der Waals surface area contributed by atoms with E-state index >= 15 is 0 Å². The molecule has 0 spiro atoms. The van der Waals surface area contributed by atoms with Gasteiger partial charge in [-0.1, -0.05) is 19.9 Å². The van der Waals surface area contributed by atoms with E-state index in [0.717, 1.165) is 18.2 Å². The largest absolute Gasteiger partial charge is 0.416 e. The summed E-state index contributed by atoms with van der Waals surface area (Å²) in [4.78, 5) is 23.1. The van der Waals surface area contributed by atoms with Crippen molar-refractivity contribution >= 4 is 33.2 Å². The molecule has 0 aliphatic rings. The van der Waals surface area contributed by atoms with Gasteiger partial charge in [0.25, 0.3) is 0 Å². The van der Waals surface area contributed by atoms with Crippen LogP contribution in [0.3, 0.4) is 0 Å². The van der Waals surface area contributed by atoms with Crippen molar-refractivity contribution in [3.8, 4) is 0 Å². The lowest BCUT2D eigenvalue weighted by Crippen LogP contribution is -2.47. The van der Waals surface area contributed by atoms with Gasteiger partial charge in [0.1, 0.15) is 6.04 Å². The van der Waals surface area contributed by atoms with Crippen LogP contribution >= 0.6 is 0 Å². The molecule has 0 aromatic heterocycles. The Kier molecular flexibility index (Phi) is 7.45. The zero-order valence-electron chi connectivity index (χ0n) is 16.9. The standard InChI is InChI=1S/C20H22F3N3O4S/c1-12(2)18(19(28)25-16-9-7-15(8-10-16)24-13(3)27)26-31(29,30)17-6-4-5-14(11-17)20(21,22)23/h4-12,18,26H,1-3H3,(H,24,27)(H,25,28)/t18-/m0/s1. The molecular formula is C20H22F3N3O4S. The van der Waals surface area contributed by atoms with Crippen LogP contribution < -0.4 is 15.4 Å². The number of anilines is 2. The average Bonchev–Trinajstić information content (AvgIpc) is 2.66. The van der Waals surface area contributed by atoms with Crippen molar-refractivity contribution in [2.24, 2.45) is 5.92 Å². The number of amides is 2. The maximum atomic E-state index is 12.9. The minimum Gasteiger partial charge on any atom is -0.326 e. The highest BCUT2D eigenvalue weighted by atomic mass is 32.2. The van der Waals surface area contributed by atoms with Gasteiger partial charge in [-0.2, -0.15) is 17.9 Å². The molecule has 1 atom stereocenters.